The van der Waals surface area contributed by atoms with Crippen LogP contribution in [-0.4, -0.2) is 85.4 Å². The lowest BCUT2D eigenvalue weighted by Gasteiger charge is -2.53. The lowest BCUT2D eigenvalue weighted by molar-refractivity contribution is -0.137. The van der Waals surface area contributed by atoms with Crippen molar-refractivity contribution in [1.29, 1.82) is 0 Å². The summed E-state index contributed by atoms with van der Waals surface area (Å²) in [5.74, 6) is -0.410. The minimum atomic E-state index is -1.22. The molecular formula is C36H44FN5O5. The zero-order chi connectivity index (χ0) is 33.4. The highest BCUT2D eigenvalue weighted by molar-refractivity contribution is 5.76. The molecule has 3 amide bonds. The molecular weight excluding hydrogens is 601 g/mol. The minimum Gasteiger partial charge on any atom is -0.444 e. The summed E-state index contributed by atoms with van der Waals surface area (Å²) < 4.78 is 20.9. The second-order valence-corrected chi connectivity index (χ2v) is 14.3. The summed E-state index contributed by atoms with van der Waals surface area (Å²) in [5, 5.41) is 12.3. The molecule has 2 aromatic carbocycles. The number of nitrogens with zero attached hydrogens (tertiary/aromatic N) is 5. The summed E-state index contributed by atoms with van der Waals surface area (Å²) in [6.07, 6.45) is 4.68. The van der Waals surface area contributed by atoms with Gasteiger partial charge >= 0.3 is 12.1 Å². The molecule has 2 saturated heterocycles. The molecule has 3 fully saturated rings. The molecule has 6 rings (SSSR count). The molecule has 2 aliphatic heterocycles. The maximum Gasteiger partial charge on any atom is 0.410 e. The molecule has 0 radical (unpaired) electrons. The lowest BCUT2D eigenvalue weighted by Crippen LogP contribution is -2.64. The fourth-order valence-corrected chi connectivity index (χ4v) is 7.54. The van der Waals surface area contributed by atoms with Gasteiger partial charge in [0.05, 0.1) is 30.2 Å². The van der Waals surface area contributed by atoms with Crippen molar-refractivity contribution < 1.29 is 23.8 Å². The van der Waals surface area contributed by atoms with E-state index >= 15 is 0 Å². The van der Waals surface area contributed by atoms with Crippen molar-refractivity contribution in [3.05, 3.63) is 88.7 Å². The number of likely N-dealkylation sites (tertiary alicyclic amines) is 1. The molecule has 1 aliphatic carbocycles. The number of benzene rings is 2. The first-order chi connectivity index (χ1) is 22.4. The molecule has 10 nitrogen and oxygen atoms in total. The normalized spacial score (nSPS) is 22.8. The Hall–Kier alpha value is -4.25. The molecule has 3 heterocycles. The Labute approximate surface area is 274 Å². The van der Waals surface area contributed by atoms with Crippen molar-refractivity contribution in [2.75, 3.05) is 32.7 Å². The molecule has 1 spiro atoms. The van der Waals surface area contributed by atoms with E-state index in [9.17, 15) is 23.9 Å². The third-order valence-corrected chi connectivity index (χ3v) is 10.0. The quantitative estimate of drug-likeness (QED) is 0.404. The van der Waals surface area contributed by atoms with Crippen molar-refractivity contribution in [3.8, 4) is 11.3 Å². The molecule has 0 bridgehead atoms. The second-order valence-electron chi connectivity index (χ2n) is 14.3. The van der Waals surface area contributed by atoms with Crippen molar-refractivity contribution in [1.82, 2.24) is 24.3 Å². The van der Waals surface area contributed by atoms with Crippen LogP contribution in [0.15, 0.2) is 71.8 Å². The monoisotopic (exact) mass is 645 g/mol. The fourth-order valence-electron chi connectivity index (χ4n) is 7.54. The van der Waals surface area contributed by atoms with E-state index < -0.39 is 28.5 Å². The molecule has 1 saturated carbocycles. The van der Waals surface area contributed by atoms with Gasteiger partial charge in [0.1, 0.15) is 11.4 Å². The summed E-state index contributed by atoms with van der Waals surface area (Å²) in [7, 11) is 0. The first kappa shape index (κ1) is 32.7. The Morgan fingerprint density at radius 2 is 1.72 bits per heavy atom. The number of carbonyl (C=O) groups is 2. The minimum absolute atomic E-state index is 0.0610. The molecule has 2 atom stereocenters. The van der Waals surface area contributed by atoms with Gasteiger partial charge < -0.3 is 24.5 Å². The second kappa shape index (κ2) is 12.7. The van der Waals surface area contributed by atoms with Gasteiger partial charge in [0.2, 0.25) is 0 Å². The number of carbonyl (C=O) groups excluding carboxylic acids is 2. The largest absolute Gasteiger partial charge is 0.444 e. The van der Waals surface area contributed by atoms with Gasteiger partial charge in [-0.05, 0) is 57.7 Å². The van der Waals surface area contributed by atoms with Crippen molar-refractivity contribution in [2.45, 2.75) is 76.7 Å². The van der Waals surface area contributed by atoms with Crippen LogP contribution in [-0.2, 0) is 11.3 Å². The van der Waals surface area contributed by atoms with E-state index in [2.05, 4.69) is 4.98 Å². The third-order valence-electron chi connectivity index (χ3n) is 10.0. The number of hydrogen-bond donors (Lipinski definition) is 1. The van der Waals surface area contributed by atoms with Crippen molar-refractivity contribution in [3.63, 3.8) is 0 Å². The number of ether oxygens (including phenoxy) is 1. The van der Waals surface area contributed by atoms with Crippen LogP contribution >= 0.6 is 0 Å². The van der Waals surface area contributed by atoms with Gasteiger partial charge in [-0.2, -0.15) is 0 Å². The van der Waals surface area contributed by atoms with E-state index in [4.69, 9.17) is 4.74 Å². The van der Waals surface area contributed by atoms with E-state index in [0.717, 1.165) is 31.2 Å². The molecule has 1 N–H and O–H groups in total. The predicted molar refractivity (Wildman–Crippen MR) is 175 cm³/mol. The smallest absolute Gasteiger partial charge is 0.410 e. The van der Waals surface area contributed by atoms with Gasteiger partial charge in [0.15, 0.2) is 0 Å². The molecule has 47 heavy (non-hydrogen) atoms. The van der Waals surface area contributed by atoms with Crippen LogP contribution in [0.1, 0.15) is 64.5 Å². The standard InChI is InChI=1S/C36H44FN5O5/c1-34(2,3)47-33(45)39-18-19-42(30(22-39)26-10-5-4-6-11-26)32(44)40-17-16-36(46,35(23-40)14-7-8-15-35)24-41-25-38-29(21-31(41)43)27-12-9-13-28(37)20-27/h4-6,9-13,20-21,25,30,46H,7-8,14-19,22-24H2,1-3H3/t30-,36+/m0/s1. The highest BCUT2D eigenvalue weighted by Gasteiger charge is 2.56. The van der Waals surface area contributed by atoms with Crippen LogP contribution in [0.3, 0.4) is 0 Å². The summed E-state index contributed by atoms with van der Waals surface area (Å²) >= 11 is 0. The molecule has 1 aromatic heterocycles. The van der Waals surface area contributed by atoms with Gasteiger partial charge in [0, 0.05) is 49.8 Å². The molecule has 11 heteroatoms. The lowest BCUT2D eigenvalue weighted by atomic mass is 9.66. The Kier molecular flexibility index (Phi) is 8.86. The first-order valence-corrected chi connectivity index (χ1v) is 16.5. The number of urea groups is 1. The highest BCUT2D eigenvalue weighted by Crippen LogP contribution is 2.52. The third kappa shape index (κ3) is 6.76. The van der Waals surface area contributed by atoms with E-state index in [1.165, 1.54) is 29.1 Å². The van der Waals surface area contributed by atoms with Gasteiger partial charge in [0.25, 0.3) is 5.56 Å². The number of halogens is 1. The van der Waals surface area contributed by atoms with Crippen LogP contribution in [0.5, 0.6) is 0 Å². The zero-order valence-corrected chi connectivity index (χ0v) is 27.4. The van der Waals surface area contributed by atoms with Crippen molar-refractivity contribution in [2.24, 2.45) is 5.41 Å². The van der Waals surface area contributed by atoms with Gasteiger partial charge in [-0.1, -0.05) is 55.3 Å². The Bertz CT molecular complexity index is 1670. The highest BCUT2D eigenvalue weighted by atomic mass is 19.1. The predicted octanol–water partition coefficient (Wildman–Crippen LogP) is 5.46. The number of rotatable bonds is 4. The fraction of sp³-hybridized carbons (Fsp3) is 0.500. The topological polar surface area (TPSA) is 108 Å². The van der Waals surface area contributed by atoms with E-state index in [1.807, 2.05) is 60.9 Å². The summed E-state index contributed by atoms with van der Waals surface area (Å²) in [5.41, 5.74) is -0.944. The van der Waals surface area contributed by atoms with E-state index in [1.54, 1.807) is 17.0 Å². The Balaban J connectivity index is 1.21. The zero-order valence-electron chi connectivity index (χ0n) is 27.4. The van der Waals surface area contributed by atoms with Crippen LogP contribution < -0.4 is 5.56 Å². The average molecular weight is 646 g/mol. The number of aromatic nitrogens is 2. The van der Waals surface area contributed by atoms with Gasteiger partial charge in [-0.3, -0.25) is 9.36 Å². The number of aliphatic hydroxyl groups is 1. The summed E-state index contributed by atoms with van der Waals surface area (Å²) in [6, 6.07) is 16.6. The van der Waals surface area contributed by atoms with Gasteiger partial charge in [-0.25, -0.2) is 19.0 Å². The number of piperidine rings is 1. The van der Waals surface area contributed by atoms with Crippen LogP contribution in [0.4, 0.5) is 14.0 Å². The number of amides is 3. The van der Waals surface area contributed by atoms with Crippen LogP contribution in [0, 0.1) is 11.2 Å². The van der Waals surface area contributed by atoms with Crippen LogP contribution in [0.2, 0.25) is 0 Å². The van der Waals surface area contributed by atoms with Crippen molar-refractivity contribution >= 4 is 12.1 Å². The molecule has 250 valence electrons. The number of piperazine rings is 1. The molecule has 0 unspecified atom stereocenters. The molecule has 3 aromatic rings. The maximum absolute atomic E-state index is 14.3. The van der Waals surface area contributed by atoms with E-state index in [0.29, 0.717) is 50.4 Å². The molecule has 3 aliphatic rings. The maximum atomic E-state index is 14.3. The first-order valence-electron chi connectivity index (χ1n) is 16.5. The Morgan fingerprint density at radius 3 is 2.40 bits per heavy atom. The summed E-state index contributed by atoms with van der Waals surface area (Å²) in [4.78, 5) is 50.4. The SMILES string of the molecule is CC(C)(C)OC(=O)N1CCN(C(=O)N2CC[C@@](O)(Cn3cnc(-c4cccc(F)c4)cc3=O)C3(CCCC3)C2)[C@H](c2ccccc2)C1. The number of hydrogen-bond acceptors (Lipinski definition) is 6. The van der Waals surface area contributed by atoms with Gasteiger partial charge in [-0.15, -0.1) is 0 Å². The Morgan fingerprint density at radius 1 is 0.979 bits per heavy atom. The van der Waals surface area contributed by atoms with Crippen LogP contribution in [0.25, 0.3) is 11.3 Å². The summed E-state index contributed by atoms with van der Waals surface area (Å²) in [6.45, 7) is 7.30. The van der Waals surface area contributed by atoms with E-state index in [-0.39, 0.29) is 24.2 Å². The average Bonchev–Trinajstić information content (AvgIpc) is 3.52.